The number of ether oxygens (including phenoxy) is 1. The van der Waals surface area contributed by atoms with Crippen molar-refractivity contribution in [2.75, 3.05) is 19.7 Å². The van der Waals surface area contributed by atoms with Gasteiger partial charge in [-0.05, 0) is 44.7 Å². The number of nitrogens with zero attached hydrogens (tertiary/aromatic N) is 1. The molecule has 1 saturated heterocycles. The van der Waals surface area contributed by atoms with Crippen molar-refractivity contribution in [3.05, 3.63) is 101 Å². The summed E-state index contributed by atoms with van der Waals surface area (Å²) in [4.78, 5) is 2.65. The van der Waals surface area contributed by atoms with E-state index in [9.17, 15) is 0 Å². The van der Waals surface area contributed by atoms with Gasteiger partial charge in [0.1, 0.15) is 12.4 Å². The SMILES string of the molecule is C=CCOc1c(C(C)(C)C)cc(C(C)(C)C)cc1[Si](C)(C)C1C=C(N2CC3=CC=CCC3C2)c2ccccc21. The second-order valence-electron chi connectivity index (χ2n) is 14.3. The number of benzene rings is 2. The molecule has 2 aromatic rings. The maximum absolute atomic E-state index is 6.61. The number of hydrogen-bond donors (Lipinski definition) is 0. The summed E-state index contributed by atoms with van der Waals surface area (Å²) in [5, 5.41) is 1.43. The third-order valence-electron chi connectivity index (χ3n) is 9.02. The Morgan fingerprint density at radius 2 is 1.79 bits per heavy atom. The zero-order valence-electron chi connectivity index (χ0n) is 25.4. The largest absolute Gasteiger partial charge is 0.489 e. The molecule has 2 nitrogen and oxygen atoms in total. The van der Waals surface area contributed by atoms with Crippen molar-refractivity contribution in [3.8, 4) is 5.75 Å². The Labute approximate surface area is 238 Å². The molecule has 1 fully saturated rings. The molecule has 0 bridgehead atoms. The van der Waals surface area contributed by atoms with Gasteiger partial charge in [-0.3, -0.25) is 0 Å². The predicted octanol–water partition coefficient (Wildman–Crippen LogP) is 8.26. The molecule has 0 saturated carbocycles. The van der Waals surface area contributed by atoms with Gasteiger partial charge >= 0.3 is 0 Å². The summed E-state index contributed by atoms with van der Waals surface area (Å²) in [5.74, 6) is 1.75. The first-order valence-corrected chi connectivity index (χ1v) is 17.7. The van der Waals surface area contributed by atoms with Gasteiger partial charge in [-0.2, -0.15) is 0 Å². The molecule has 0 spiro atoms. The zero-order valence-corrected chi connectivity index (χ0v) is 26.4. The van der Waals surface area contributed by atoms with Crippen molar-refractivity contribution in [1.29, 1.82) is 0 Å². The molecule has 0 amide bonds. The summed E-state index contributed by atoms with van der Waals surface area (Å²) in [6, 6.07) is 14.1. The molecule has 0 radical (unpaired) electrons. The zero-order chi connectivity index (χ0) is 28.2. The van der Waals surface area contributed by atoms with Crippen LogP contribution in [0, 0.1) is 5.92 Å². The molecule has 2 aromatic carbocycles. The lowest BCUT2D eigenvalue weighted by atomic mass is 9.80. The van der Waals surface area contributed by atoms with Crippen molar-refractivity contribution in [2.24, 2.45) is 5.92 Å². The molecule has 2 unspecified atom stereocenters. The van der Waals surface area contributed by atoms with Crippen molar-refractivity contribution in [1.82, 2.24) is 4.90 Å². The minimum absolute atomic E-state index is 0.0286. The summed E-state index contributed by atoms with van der Waals surface area (Å²) < 4.78 is 6.61. The third-order valence-corrected chi connectivity index (χ3v) is 12.8. The van der Waals surface area contributed by atoms with Crippen molar-refractivity contribution < 1.29 is 4.74 Å². The third kappa shape index (κ3) is 5.11. The van der Waals surface area contributed by atoms with E-state index < -0.39 is 8.07 Å². The van der Waals surface area contributed by atoms with Crippen LogP contribution in [0.4, 0.5) is 0 Å². The first kappa shape index (κ1) is 27.8. The van der Waals surface area contributed by atoms with Gasteiger partial charge in [0.05, 0.1) is 8.07 Å². The minimum Gasteiger partial charge on any atom is -0.489 e. The summed E-state index contributed by atoms with van der Waals surface area (Å²) in [5.41, 5.74) is 9.04. The van der Waals surface area contributed by atoms with Crippen LogP contribution in [0.3, 0.4) is 0 Å². The van der Waals surface area contributed by atoms with Gasteiger partial charge in [0.2, 0.25) is 0 Å². The number of hydrogen-bond acceptors (Lipinski definition) is 2. The van der Waals surface area contributed by atoms with Crippen molar-refractivity contribution in [2.45, 2.75) is 77.4 Å². The summed E-state index contributed by atoms with van der Waals surface area (Å²) in [6.45, 7) is 25.7. The van der Waals surface area contributed by atoms with E-state index in [4.69, 9.17) is 4.74 Å². The molecule has 2 atom stereocenters. The maximum Gasteiger partial charge on any atom is 0.122 e. The Kier molecular flexibility index (Phi) is 7.12. The summed E-state index contributed by atoms with van der Waals surface area (Å²) in [7, 11) is -2.13. The van der Waals surface area contributed by atoms with Gasteiger partial charge in [0, 0.05) is 35.8 Å². The molecule has 1 aliphatic heterocycles. The lowest BCUT2D eigenvalue weighted by molar-refractivity contribution is 0.353. The smallest absolute Gasteiger partial charge is 0.122 e. The molecule has 1 heterocycles. The molecule has 0 N–H and O–H groups in total. The van der Waals surface area contributed by atoms with Gasteiger partial charge in [-0.1, -0.05) is 128 Å². The normalized spacial score (nSPS) is 20.9. The van der Waals surface area contributed by atoms with Crippen LogP contribution in [-0.4, -0.2) is 32.7 Å². The number of allylic oxidation sites excluding steroid dienone is 4. The fourth-order valence-corrected chi connectivity index (χ4v) is 9.86. The molecular formula is C36H47NOSi. The molecule has 206 valence electrons. The van der Waals surface area contributed by atoms with Crippen LogP contribution in [0.1, 0.15) is 75.8 Å². The van der Waals surface area contributed by atoms with E-state index in [0.717, 1.165) is 18.8 Å². The van der Waals surface area contributed by atoms with Crippen LogP contribution < -0.4 is 9.92 Å². The van der Waals surface area contributed by atoms with Crippen LogP contribution in [0.2, 0.25) is 13.1 Å². The standard InChI is InChI=1S/C36H47NOSi/c1-10-19-38-34-30(36(5,6)7)20-27(35(2,3)4)21-33(34)39(8,9)32-22-31(28-17-13-14-18-29(28)32)37-23-25-15-11-12-16-26(25)24-37/h10-15,17-18,20-22,26,32H,1,16,19,23-24H2,2-9H3. The fourth-order valence-electron chi connectivity index (χ4n) is 6.60. The Bertz CT molecular complexity index is 1360. The van der Waals surface area contributed by atoms with Gasteiger partial charge in [-0.15, -0.1) is 0 Å². The number of likely N-dealkylation sites (tertiary alicyclic amines) is 1. The van der Waals surface area contributed by atoms with Gasteiger partial charge in [0.25, 0.3) is 0 Å². The Hall–Kier alpha value is -2.78. The quantitative estimate of drug-likeness (QED) is 0.272. The maximum atomic E-state index is 6.61. The van der Waals surface area contributed by atoms with E-state index >= 15 is 0 Å². The van der Waals surface area contributed by atoms with E-state index in [1.807, 2.05) is 6.08 Å². The van der Waals surface area contributed by atoms with E-state index in [0.29, 0.717) is 18.1 Å². The van der Waals surface area contributed by atoms with Crippen LogP contribution >= 0.6 is 0 Å². The van der Waals surface area contributed by atoms with Crippen molar-refractivity contribution in [3.63, 3.8) is 0 Å². The van der Waals surface area contributed by atoms with Gasteiger partial charge < -0.3 is 9.64 Å². The topological polar surface area (TPSA) is 12.5 Å². The Balaban J connectivity index is 1.66. The molecule has 2 aliphatic carbocycles. The van der Waals surface area contributed by atoms with E-state index in [1.54, 1.807) is 5.57 Å². The molecule has 3 heteroatoms. The van der Waals surface area contributed by atoms with E-state index in [2.05, 4.69) is 127 Å². The highest BCUT2D eigenvalue weighted by Gasteiger charge is 2.43. The number of fused-ring (bicyclic) bond motifs is 2. The van der Waals surface area contributed by atoms with Gasteiger partial charge in [-0.25, -0.2) is 0 Å². The first-order valence-electron chi connectivity index (χ1n) is 14.7. The molecule has 5 rings (SSSR count). The number of rotatable bonds is 6. The van der Waals surface area contributed by atoms with E-state index in [-0.39, 0.29) is 10.8 Å². The fraction of sp³-hybridized carbons (Fsp3) is 0.444. The highest BCUT2D eigenvalue weighted by Crippen LogP contribution is 2.46. The minimum atomic E-state index is -2.13. The summed E-state index contributed by atoms with van der Waals surface area (Å²) >= 11 is 0. The highest BCUT2D eigenvalue weighted by molar-refractivity contribution is 6.92. The molecular weight excluding hydrogens is 490 g/mol. The Morgan fingerprint density at radius 1 is 1.05 bits per heavy atom. The molecule has 39 heavy (non-hydrogen) atoms. The van der Waals surface area contributed by atoms with Crippen LogP contribution in [0.25, 0.3) is 5.70 Å². The lowest BCUT2D eigenvalue weighted by Gasteiger charge is -2.36. The molecule has 3 aliphatic rings. The van der Waals surface area contributed by atoms with E-state index in [1.165, 1.54) is 39.6 Å². The Morgan fingerprint density at radius 3 is 2.46 bits per heavy atom. The highest BCUT2D eigenvalue weighted by atomic mass is 28.3. The van der Waals surface area contributed by atoms with Crippen molar-refractivity contribution >= 4 is 19.0 Å². The average molecular weight is 538 g/mol. The second kappa shape index (κ2) is 10.00. The van der Waals surface area contributed by atoms with Gasteiger partial charge in [0.15, 0.2) is 0 Å². The predicted molar refractivity (Wildman–Crippen MR) is 171 cm³/mol. The monoisotopic (exact) mass is 537 g/mol. The summed E-state index contributed by atoms with van der Waals surface area (Å²) in [6.07, 6.45) is 12.6. The second-order valence-corrected chi connectivity index (χ2v) is 18.9. The first-order chi connectivity index (χ1) is 18.3. The van der Waals surface area contributed by atoms with Crippen LogP contribution in [-0.2, 0) is 10.8 Å². The molecule has 0 aromatic heterocycles. The lowest BCUT2D eigenvalue weighted by Crippen LogP contribution is -2.48. The average Bonchev–Trinajstić information content (AvgIpc) is 3.48. The van der Waals surface area contributed by atoms with Crippen LogP contribution in [0.5, 0.6) is 5.75 Å². The van der Waals surface area contributed by atoms with Crippen LogP contribution in [0.15, 0.2) is 78.9 Å².